The van der Waals surface area contributed by atoms with E-state index in [1.165, 1.54) is 12.8 Å². The summed E-state index contributed by atoms with van der Waals surface area (Å²) in [6.07, 6.45) is 6.18. The van der Waals surface area contributed by atoms with E-state index in [0.29, 0.717) is 25.8 Å². The minimum Gasteiger partial charge on any atom is -0.496 e. The highest BCUT2D eigenvalue weighted by Crippen LogP contribution is 2.32. The second-order valence-corrected chi connectivity index (χ2v) is 7.34. The summed E-state index contributed by atoms with van der Waals surface area (Å²) in [5.74, 6) is 0.899. The molecular weight excluding hydrogens is 316 g/mol. The van der Waals surface area contributed by atoms with Crippen LogP contribution in [-0.4, -0.2) is 41.9 Å². The Hall–Kier alpha value is -2.04. The van der Waals surface area contributed by atoms with Crippen molar-refractivity contribution in [3.8, 4) is 5.75 Å². The van der Waals surface area contributed by atoms with E-state index in [0.717, 1.165) is 24.2 Å². The molecule has 1 saturated carbocycles. The van der Waals surface area contributed by atoms with Crippen LogP contribution in [0.4, 0.5) is 0 Å². The van der Waals surface area contributed by atoms with Crippen LogP contribution in [0, 0.1) is 0 Å². The number of methoxy groups -OCH3 is 1. The van der Waals surface area contributed by atoms with Crippen LogP contribution in [0.1, 0.15) is 51.0 Å². The molecule has 1 atom stereocenters. The van der Waals surface area contributed by atoms with Crippen LogP contribution in [0.5, 0.6) is 5.75 Å². The van der Waals surface area contributed by atoms with Crippen LogP contribution < -0.4 is 10.1 Å². The number of ether oxygens (including phenoxy) is 1. The lowest BCUT2D eigenvalue weighted by Gasteiger charge is -2.35. The van der Waals surface area contributed by atoms with E-state index in [9.17, 15) is 9.59 Å². The van der Waals surface area contributed by atoms with Crippen LogP contribution in [0.3, 0.4) is 0 Å². The van der Waals surface area contributed by atoms with Gasteiger partial charge in [0.1, 0.15) is 11.3 Å². The van der Waals surface area contributed by atoms with Crippen molar-refractivity contribution in [2.75, 3.05) is 13.7 Å². The summed E-state index contributed by atoms with van der Waals surface area (Å²) < 4.78 is 5.39. The Kier molecular flexibility index (Phi) is 5.30. The first-order valence-electron chi connectivity index (χ1n) is 9.28. The molecule has 1 aromatic carbocycles. The number of benzene rings is 1. The summed E-state index contributed by atoms with van der Waals surface area (Å²) in [5, 5.41) is 3.18. The molecule has 5 heteroatoms. The molecule has 0 aromatic heterocycles. The van der Waals surface area contributed by atoms with Gasteiger partial charge in [-0.05, 0) is 44.2 Å². The van der Waals surface area contributed by atoms with E-state index < -0.39 is 5.54 Å². The van der Waals surface area contributed by atoms with Crippen molar-refractivity contribution in [2.45, 2.75) is 63.5 Å². The molecule has 1 heterocycles. The summed E-state index contributed by atoms with van der Waals surface area (Å²) in [4.78, 5) is 27.1. The molecule has 0 bridgehead atoms. The van der Waals surface area contributed by atoms with E-state index in [1.807, 2.05) is 31.2 Å². The molecule has 0 radical (unpaired) electrons. The van der Waals surface area contributed by atoms with Crippen molar-refractivity contribution in [1.82, 2.24) is 10.2 Å². The number of hydrogen-bond donors (Lipinski definition) is 1. The molecule has 0 unspecified atom stereocenters. The van der Waals surface area contributed by atoms with Gasteiger partial charge < -0.3 is 15.0 Å². The lowest BCUT2D eigenvalue weighted by atomic mass is 9.96. The van der Waals surface area contributed by atoms with E-state index in [4.69, 9.17) is 4.74 Å². The topological polar surface area (TPSA) is 58.6 Å². The van der Waals surface area contributed by atoms with Crippen molar-refractivity contribution >= 4 is 11.8 Å². The van der Waals surface area contributed by atoms with Gasteiger partial charge in [-0.1, -0.05) is 31.0 Å². The molecule has 25 heavy (non-hydrogen) atoms. The van der Waals surface area contributed by atoms with E-state index in [2.05, 4.69) is 5.32 Å². The number of para-hydroxylation sites is 1. The van der Waals surface area contributed by atoms with Crippen LogP contribution in [0.25, 0.3) is 0 Å². The highest BCUT2D eigenvalue weighted by atomic mass is 16.5. The lowest BCUT2D eigenvalue weighted by Crippen LogP contribution is -2.56. The predicted molar refractivity (Wildman–Crippen MR) is 96.4 cm³/mol. The normalized spacial score (nSPS) is 23.9. The summed E-state index contributed by atoms with van der Waals surface area (Å²) in [7, 11) is 1.65. The number of rotatable bonds is 6. The van der Waals surface area contributed by atoms with Gasteiger partial charge in [-0.2, -0.15) is 0 Å². The first-order chi connectivity index (χ1) is 12.0. The summed E-state index contributed by atoms with van der Waals surface area (Å²) in [6.45, 7) is 2.44. The van der Waals surface area contributed by atoms with Crippen molar-refractivity contribution in [1.29, 1.82) is 0 Å². The Morgan fingerprint density at radius 3 is 2.76 bits per heavy atom. The molecule has 1 aromatic rings. The fourth-order valence-electron chi connectivity index (χ4n) is 4.06. The Bertz CT molecular complexity index is 640. The number of likely N-dealkylation sites (tertiary alicyclic amines) is 1. The maximum absolute atomic E-state index is 12.9. The molecule has 136 valence electrons. The second-order valence-electron chi connectivity index (χ2n) is 7.34. The van der Waals surface area contributed by atoms with Crippen LogP contribution in [0.2, 0.25) is 0 Å². The first-order valence-corrected chi connectivity index (χ1v) is 9.28. The average Bonchev–Trinajstić information content (AvgIpc) is 3.22. The monoisotopic (exact) mass is 344 g/mol. The van der Waals surface area contributed by atoms with Gasteiger partial charge in [0.15, 0.2) is 0 Å². The minimum absolute atomic E-state index is 0.00489. The largest absolute Gasteiger partial charge is 0.496 e. The molecule has 0 spiro atoms. The third kappa shape index (κ3) is 3.65. The number of hydrogen-bond acceptors (Lipinski definition) is 3. The van der Waals surface area contributed by atoms with E-state index >= 15 is 0 Å². The lowest BCUT2D eigenvalue weighted by molar-refractivity contribution is -0.140. The van der Waals surface area contributed by atoms with Crippen LogP contribution in [0.15, 0.2) is 24.3 Å². The van der Waals surface area contributed by atoms with Gasteiger partial charge in [0.2, 0.25) is 11.8 Å². The first kappa shape index (κ1) is 17.8. The van der Waals surface area contributed by atoms with Gasteiger partial charge in [-0.25, -0.2) is 0 Å². The Morgan fingerprint density at radius 1 is 1.32 bits per heavy atom. The van der Waals surface area contributed by atoms with E-state index in [1.54, 1.807) is 12.0 Å². The van der Waals surface area contributed by atoms with Gasteiger partial charge in [-0.3, -0.25) is 9.59 Å². The second kappa shape index (κ2) is 7.46. The van der Waals surface area contributed by atoms with Gasteiger partial charge in [0, 0.05) is 19.0 Å². The number of nitrogens with zero attached hydrogens (tertiary/aromatic N) is 1. The highest BCUT2D eigenvalue weighted by Gasteiger charge is 2.47. The molecule has 1 N–H and O–H groups in total. The molecule has 2 fully saturated rings. The zero-order valence-electron chi connectivity index (χ0n) is 15.2. The molecular formula is C20H28N2O3. The van der Waals surface area contributed by atoms with Crippen molar-refractivity contribution < 1.29 is 14.3 Å². The van der Waals surface area contributed by atoms with Crippen molar-refractivity contribution in [2.24, 2.45) is 0 Å². The summed E-state index contributed by atoms with van der Waals surface area (Å²) in [5.41, 5.74) is 0.324. The third-order valence-electron chi connectivity index (χ3n) is 5.70. The zero-order valence-corrected chi connectivity index (χ0v) is 15.2. The molecule has 1 aliphatic carbocycles. The van der Waals surface area contributed by atoms with Gasteiger partial charge in [0.25, 0.3) is 0 Å². The third-order valence-corrected chi connectivity index (χ3v) is 5.70. The highest BCUT2D eigenvalue weighted by molar-refractivity contribution is 5.94. The van der Waals surface area contributed by atoms with Gasteiger partial charge >= 0.3 is 0 Å². The number of nitrogens with one attached hydrogen (secondary N) is 1. The molecule has 2 aliphatic rings. The molecule has 2 amide bonds. The zero-order chi connectivity index (χ0) is 17.9. The van der Waals surface area contributed by atoms with Crippen LogP contribution >= 0.6 is 0 Å². The Morgan fingerprint density at radius 2 is 2.04 bits per heavy atom. The Balaban J connectivity index is 1.69. The fourth-order valence-corrected chi connectivity index (χ4v) is 4.06. The number of carbonyl (C=O) groups is 2. The van der Waals surface area contributed by atoms with Crippen molar-refractivity contribution in [3.05, 3.63) is 29.8 Å². The molecule has 3 rings (SSSR count). The molecule has 1 saturated heterocycles. The quantitative estimate of drug-likeness (QED) is 0.863. The standard InChI is InChI=1S/C20H28N2O3/c1-20(19(24)21-16-8-4-5-9-16)13-11-18(23)22(20)14-12-15-7-3-6-10-17(15)25-2/h3,6-7,10,16H,4-5,8-9,11-14H2,1-2H3,(H,21,24)/t20-/m0/s1. The van der Waals surface area contributed by atoms with Gasteiger partial charge in [0.05, 0.1) is 7.11 Å². The molecule has 5 nitrogen and oxygen atoms in total. The van der Waals surface area contributed by atoms with E-state index in [-0.39, 0.29) is 17.9 Å². The maximum Gasteiger partial charge on any atom is 0.245 e. The van der Waals surface area contributed by atoms with Crippen molar-refractivity contribution in [3.63, 3.8) is 0 Å². The van der Waals surface area contributed by atoms with Crippen LogP contribution in [-0.2, 0) is 16.0 Å². The Labute approximate surface area is 149 Å². The summed E-state index contributed by atoms with van der Waals surface area (Å²) >= 11 is 0. The predicted octanol–water partition coefficient (Wildman–Crippen LogP) is 2.68. The van der Waals surface area contributed by atoms with Gasteiger partial charge in [-0.15, -0.1) is 0 Å². The average molecular weight is 344 g/mol. The summed E-state index contributed by atoms with van der Waals surface area (Å²) in [6, 6.07) is 8.11. The fraction of sp³-hybridized carbons (Fsp3) is 0.600. The smallest absolute Gasteiger partial charge is 0.245 e. The number of carbonyl (C=O) groups excluding carboxylic acids is 2. The number of amides is 2. The SMILES string of the molecule is COc1ccccc1CCN1C(=O)CC[C@@]1(C)C(=O)NC1CCCC1. The maximum atomic E-state index is 12.9. The molecule has 1 aliphatic heterocycles. The minimum atomic E-state index is -0.734.